The van der Waals surface area contributed by atoms with Gasteiger partial charge < -0.3 is 4.57 Å². The zero-order chi connectivity index (χ0) is 18.1. The van der Waals surface area contributed by atoms with E-state index in [2.05, 4.69) is 19.7 Å². The molecule has 0 spiro atoms. The summed E-state index contributed by atoms with van der Waals surface area (Å²) in [4.78, 5) is 16.8. The van der Waals surface area contributed by atoms with Crippen LogP contribution >= 0.6 is 11.8 Å². The minimum absolute atomic E-state index is 0.0560. The van der Waals surface area contributed by atoms with Gasteiger partial charge in [-0.1, -0.05) is 42.1 Å². The van der Waals surface area contributed by atoms with Crippen LogP contribution in [0.5, 0.6) is 0 Å². The largest absolute Gasteiger partial charge is 0.324 e. The minimum Gasteiger partial charge on any atom is -0.324 e. The predicted molar refractivity (Wildman–Crippen MR) is 100.0 cm³/mol. The van der Waals surface area contributed by atoms with Gasteiger partial charge in [0.25, 0.3) is 0 Å². The van der Waals surface area contributed by atoms with E-state index in [0.717, 1.165) is 40.4 Å². The van der Waals surface area contributed by atoms with Crippen LogP contribution in [-0.2, 0) is 6.54 Å². The number of ketones is 1. The SMILES string of the molecule is CCn1c2ccccc2c2nnc(SCC(=O)c3ccccc3F)nc21. The lowest BCUT2D eigenvalue weighted by Crippen LogP contribution is -2.06. The molecule has 2 aromatic heterocycles. The maximum absolute atomic E-state index is 13.7. The maximum atomic E-state index is 13.7. The molecular weight excluding hydrogens is 351 g/mol. The van der Waals surface area contributed by atoms with E-state index >= 15 is 0 Å². The Hall–Kier alpha value is -2.80. The van der Waals surface area contributed by atoms with Crippen LogP contribution in [0, 0.1) is 5.82 Å². The Bertz CT molecular complexity index is 1130. The number of benzene rings is 2. The van der Waals surface area contributed by atoms with Crippen molar-refractivity contribution in [1.82, 2.24) is 19.7 Å². The molecule has 0 unspecified atom stereocenters. The van der Waals surface area contributed by atoms with E-state index in [0.29, 0.717) is 5.16 Å². The number of para-hydroxylation sites is 1. The fraction of sp³-hybridized carbons (Fsp3) is 0.158. The lowest BCUT2D eigenvalue weighted by molar-refractivity contribution is 0.101. The highest BCUT2D eigenvalue weighted by Crippen LogP contribution is 2.27. The summed E-state index contributed by atoms with van der Waals surface area (Å²) in [7, 11) is 0. The van der Waals surface area contributed by atoms with Crippen LogP contribution < -0.4 is 0 Å². The molecule has 130 valence electrons. The van der Waals surface area contributed by atoms with Gasteiger partial charge in [-0.05, 0) is 25.1 Å². The molecule has 4 aromatic rings. The van der Waals surface area contributed by atoms with Crippen LogP contribution in [0.2, 0.25) is 0 Å². The highest BCUT2D eigenvalue weighted by Gasteiger charge is 2.16. The van der Waals surface area contributed by atoms with Crippen molar-refractivity contribution >= 4 is 39.6 Å². The number of rotatable bonds is 5. The average Bonchev–Trinajstić information content (AvgIpc) is 2.99. The van der Waals surface area contributed by atoms with Crippen LogP contribution in [0.4, 0.5) is 4.39 Å². The van der Waals surface area contributed by atoms with Gasteiger partial charge >= 0.3 is 0 Å². The lowest BCUT2D eigenvalue weighted by Gasteiger charge is -2.03. The summed E-state index contributed by atoms with van der Waals surface area (Å²) in [6.07, 6.45) is 0. The molecule has 5 nitrogen and oxygen atoms in total. The second-order valence-electron chi connectivity index (χ2n) is 5.72. The molecule has 26 heavy (non-hydrogen) atoms. The van der Waals surface area contributed by atoms with Gasteiger partial charge in [0.2, 0.25) is 5.16 Å². The lowest BCUT2D eigenvalue weighted by atomic mass is 10.1. The van der Waals surface area contributed by atoms with Gasteiger partial charge in [-0.2, -0.15) is 0 Å². The monoisotopic (exact) mass is 366 g/mol. The number of halogens is 1. The van der Waals surface area contributed by atoms with Crippen molar-refractivity contribution in [3.8, 4) is 0 Å². The van der Waals surface area contributed by atoms with E-state index in [1.807, 2.05) is 31.2 Å². The van der Waals surface area contributed by atoms with Crippen LogP contribution in [-0.4, -0.2) is 31.3 Å². The number of fused-ring (bicyclic) bond motifs is 3. The molecule has 0 aliphatic carbocycles. The highest BCUT2D eigenvalue weighted by atomic mass is 32.2. The van der Waals surface area contributed by atoms with Gasteiger partial charge in [-0.25, -0.2) is 9.37 Å². The first-order valence-electron chi connectivity index (χ1n) is 8.21. The summed E-state index contributed by atoms with van der Waals surface area (Å²) in [6.45, 7) is 2.80. The van der Waals surface area contributed by atoms with Gasteiger partial charge in [0.15, 0.2) is 11.4 Å². The third-order valence-electron chi connectivity index (χ3n) is 4.18. The van der Waals surface area contributed by atoms with Crippen molar-refractivity contribution < 1.29 is 9.18 Å². The van der Waals surface area contributed by atoms with Gasteiger partial charge in [0, 0.05) is 11.9 Å². The third kappa shape index (κ3) is 2.84. The van der Waals surface area contributed by atoms with Crippen molar-refractivity contribution in [3.05, 3.63) is 59.9 Å². The molecule has 4 rings (SSSR count). The minimum atomic E-state index is -0.515. The molecule has 2 aromatic carbocycles. The Morgan fingerprint density at radius 2 is 1.88 bits per heavy atom. The number of nitrogens with zero attached hydrogens (tertiary/aromatic N) is 4. The standard InChI is InChI=1S/C19H15FN4OS/c1-2-24-15-10-6-4-8-13(15)17-18(24)21-19(23-22-17)26-11-16(25)12-7-3-5-9-14(12)20/h3-10H,2,11H2,1H3. The molecule has 7 heteroatoms. The summed E-state index contributed by atoms with van der Waals surface area (Å²) in [5.41, 5.74) is 2.62. The van der Waals surface area contributed by atoms with Crippen molar-refractivity contribution in [2.75, 3.05) is 5.75 Å². The molecule has 0 saturated carbocycles. The quantitative estimate of drug-likeness (QED) is 0.393. The van der Waals surface area contributed by atoms with Crippen LogP contribution in [0.15, 0.2) is 53.7 Å². The topological polar surface area (TPSA) is 60.7 Å². The molecule has 0 aliphatic heterocycles. The fourth-order valence-electron chi connectivity index (χ4n) is 2.97. The number of carbonyl (C=O) groups excluding carboxylic acids is 1. The molecule has 0 radical (unpaired) electrons. The molecule has 0 saturated heterocycles. The van der Waals surface area contributed by atoms with Gasteiger partial charge in [0.05, 0.1) is 16.8 Å². The Morgan fingerprint density at radius 1 is 1.12 bits per heavy atom. The number of thioether (sulfide) groups is 1. The van der Waals surface area contributed by atoms with E-state index in [1.165, 1.54) is 12.1 Å². The second kappa shape index (κ2) is 6.84. The van der Waals surface area contributed by atoms with Gasteiger partial charge in [-0.15, -0.1) is 10.2 Å². The first-order valence-corrected chi connectivity index (χ1v) is 9.19. The zero-order valence-corrected chi connectivity index (χ0v) is 14.8. The summed E-state index contributed by atoms with van der Waals surface area (Å²) in [5, 5.41) is 9.85. The number of aryl methyl sites for hydroxylation is 1. The smallest absolute Gasteiger partial charge is 0.211 e. The van der Waals surface area contributed by atoms with Crippen LogP contribution in [0.3, 0.4) is 0 Å². The third-order valence-corrected chi connectivity index (χ3v) is 5.02. The second-order valence-corrected chi connectivity index (χ2v) is 6.66. The van der Waals surface area contributed by atoms with E-state index in [9.17, 15) is 9.18 Å². The summed E-state index contributed by atoms with van der Waals surface area (Å²) < 4.78 is 15.8. The molecule has 0 N–H and O–H groups in total. The van der Waals surface area contributed by atoms with E-state index in [-0.39, 0.29) is 17.1 Å². The molecule has 0 bridgehead atoms. The van der Waals surface area contributed by atoms with Gasteiger partial charge in [0.1, 0.15) is 11.3 Å². The number of carbonyl (C=O) groups is 1. The Balaban J connectivity index is 1.65. The first kappa shape index (κ1) is 16.7. The summed E-state index contributed by atoms with van der Waals surface area (Å²) in [5.74, 6) is -0.757. The Kier molecular flexibility index (Phi) is 4.38. The molecular formula is C19H15FN4OS. The fourth-order valence-corrected chi connectivity index (χ4v) is 3.63. The Morgan fingerprint density at radius 3 is 2.69 bits per heavy atom. The van der Waals surface area contributed by atoms with Crippen LogP contribution in [0.25, 0.3) is 22.1 Å². The highest BCUT2D eigenvalue weighted by molar-refractivity contribution is 7.99. The van der Waals surface area contributed by atoms with Crippen molar-refractivity contribution in [2.45, 2.75) is 18.6 Å². The zero-order valence-electron chi connectivity index (χ0n) is 14.0. The van der Waals surface area contributed by atoms with Crippen molar-refractivity contribution in [1.29, 1.82) is 0 Å². The number of hydrogen-bond acceptors (Lipinski definition) is 5. The molecule has 0 amide bonds. The number of aromatic nitrogens is 4. The number of hydrogen-bond donors (Lipinski definition) is 0. The van der Waals surface area contributed by atoms with Crippen molar-refractivity contribution in [3.63, 3.8) is 0 Å². The molecule has 0 fully saturated rings. The maximum Gasteiger partial charge on any atom is 0.211 e. The van der Waals surface area contributed by atoms with Crippen LogP contribution in [0.1, 0.15) is 17.3 Å². The number of Topliss-reactive ketones (excluding diaryl/α,β-unsaturated/α-hetero) is 1. The normalized spacial score (nSPS) is 11.3. The summed E-state index contributed by atoms with van der Waals surface area (Å²) in [6, 6.07) is 13.9. The van der Waals surface area contributed by atoms with E-state index in [4.69, 9.17) is 0 Å². The van der Waals surface area contributed by atoms with E-state index in [1.54, 1.807) is 12.1 Å². The first-order chi connectivity index (χ1) is 12.7. The molecule has 0 aliphatic rings. The molecule has 0 atom stereocenters. The van der Waals surface area contributed by atoms with E-state index < -0.39 is 5.82 Å². The predicted octanol–water partition coefficient (Wildman–Crippen LogP) is 4.11. The average molecular weight is 366 g/mol. The van der Waals surface area contributed by atoms with Crippen molar-refractivity contribution in [2.24, 2.45) is 0 Å². The van der Waals surface area contributed by atoms with Gasteiger partial charge in [-0.3, -0.25) is 4.79 Å². The molecule has 2 heterocycles. The summed E-state index contributed by atoms with van der Waals surface area (Å²) >= 11 is 1.16. The Labute approximate surface area is 153 Å².